The Morgan fingerprint density at radius 2 is 2.10 bits per heavy atom. The largest absolute Gasteiger partial charge is 0.326 e. The van der Waals surface area contributed by atoms with Crippen molar-refractivity contribution in [3.05, 3.63) is 0 Å². The average Bonchev–Trinajstić information content (AvgIpc) is 2.10. The summed E-state index contributed by atoms with van der Waals surface area (Å²) in [6, 6.07) is 0.345. The van der Waals surface area contributed by atoms with Crippen LogP contribution in [0, 0.1) is 0 Å². The molecule has 0 aromatic heterocycles. The summed E-state index contributed by atoms with van der Waals surface area (Å²) in [5.74, 6) is 0.248. The number of amides is 1. The summed E-state index contributed by atoms with van der Waals surface area (Å²) in [7, 11) is 1.96. The molecule has 1 aliphatic heterocycles. The van der Waals surface area contributed by atoms with Gasteiger partial charge in [-0.05, 0) is 20.9 Å². The zero-order valence-corrected chi connectivity index (χ0v) is 6.79. The van der Waals surface area contributed by atoms with E-state index in [1.54, 1.807) is 0 Å². The Balaban J connectivity index is 2.55. The van der Waals surface area contributed by atoms with Gasteiger partial charge in [-0.15, -0.1) is 0 Å². The Kier molecular flexibility index (Phi) is 1.94. The van der Waals surface area contributed by atoms with E-state index in [-0.39, 0.29) is 5.91 Å². The van der Waals surface area contributed by atoms with Crippen LogP contribution in [0.5, 0.6) is 0 Å². The second-order valence-corrected chi connectivity index (χ2v) is 3.11. The van der Waals surface area contributed by atoms with E-state index in [1.165, 1.54) is 0 Å². The van der Waals surface area contributed by atoms with Crippen molar-refractivity contribution in [2.45, 2.75) is 19.9 Å². The lowest BCUT2D eigenvalue weighted by Crippen LogP contribution is -2.33. The van der Waals surface area contributed by atoms with E-state index >= 15 is 0 Å². The fourth-order valence-electron chi connectivity index (χ4n) is 1.16. The summed E-state index contributed by atoms with van der Waals surface area (Å²) in [5.41, 5.74) is 0. The minimum Gasteiger partial charge on any atom is -0.326 e. The van der Waals surface area contributed by atoms with Gasteiger partial charge in [-0.2, -0.15) is 0 Å². The van der Waals surface area contributed by atoms with Gasteiger partial charge in [0, 0.05) is 6.04 Å². The van der Waals surface area contributed by atoms with Gasteiger partial charge >= 0.3 is 0 Å². The van der Waals surface area contributed by atoms with Crippen molar-refractivity contribution >= 4 is 5.91 Å². The number of rotatable bonds is 1. The first-order chi connectivity index (χ1) is 4.61. The Morgan fingerprint density at radius 1 is 1.50 bits per heavy atom. The molecule has 0 spiro atoms. The Labute approximate surface area is 61.6 Å². The lowest BCUT2D eigenvalue weighted by Gasteiger charge is -2.19. The van der Waals surface area contributed by atoms with E-state index in [0.29, 0.717) is 12.6 Å². The second-order valence-electron chi connectivity index (χ2n) is 3.11. The van der Waals surface area contributed by atoms with Crippen LogP contribution in [0.3, 0.4) is 0 Å². The van der Waals surface area contributed by atoms with Gasteiger partial charge in [0.05, 0.1) is 13.2 Å². The molecule has 0 N–H and O–H groups in total. The van der Waals surface area contributed by atoms with Crippen LogP contribution < -0.4 is 0 Å². The number of hydrogen-bond donors (Lipinski definition) is 0. The maximum absolute atomic E-state index is 11.1. The van der Waals surface area contributed by atoms with Crippen LogP contribution in [0.4, 0.5) is 0 Å². The van der Waals surface area contributed by atoms with Crippen LogP contribution in [0.2, 0.25) is 0 Å². The molecule has 0 bridgehead atoms. The standard InChI is InChI=1S/C7H14N2O/c1-6(2)9-5-8(3)4-7(9)10/h6H,4-5H2,1-3H3. The summed E-state index contributed by atoms with van der Waals surface area (Å²) in [4.78, 5) is 15.0. The van der Waals surface area contributed by atoms with Crippen molar-refractivity contribution in [3.8, 4) is 0 Å². The topological polar surface area (TPSA) is 23.6 Å². The Bertz CT molecular complexity index is 145. The first-order valence-corrected chi connectivity index (χ1v) is 3.59. The molecule has 0 saturated carbocycles. The lowest BCUT2D eigenvalue weighted by molar-refractivity contribution is -0.128. The molecule has 1 aliphatic rings. The molecule has 58 valence electrons. The minimum atomic E-state index is 0.248. The highest BCUT2D eigenvalue weighted by Crippen LogP contribution is 2.07. The Morgan fingerprint density at radius 3 is 2.30 bits per heavy atom. The average molecular weight is 142 g/mol. The van der Waals surface area contributed by atoms with Gasteiger partial charge in [0.1, 0.15) is 0 Å². The van der Waals surface area contributed by atoms with Crippen molar-refractivity contribution < 1.29 is 4.79 Å². The molecule has 1 rings (SSSR count). The van der Waals surface area contributed by atoms with Crippen LogP contribution in [-0.2, 0) is 4.79 Å². The van der Waals surface area contributed by atoms with E-state index in [2.05, 4.69) is 0 Å². The van der Waals surface area contributed by atoms with Crippen LogP contribution in [0.1, 0.15) is 13.8 Å². The van der Waals surface area contributed by atoms with Gasteiger partial charge in [-0.25, -0.2) is 0 Å². The molecule has 0 radical (unpaired) electrons. The molecule has 3 nitrogen and oxygen atoms in total. The van der Waals surface area contributed by atoms with E-state index in [4.69, 9.17) is 0 Å². The summed E-state index contributed by atoms with van der Waals surface area (Å²) in [5, 5.41) is 0. The predicted octanol–water partition coefficient (Wildman–Crippen LogP) is 0.126. The van der Waals surface area contributed by atoms with E-state index in [1.807, 2.05) is 30.7 Å². The normalized spacial score (nSPS) is 21.2. The van der Waals surface area contributed by atoms with Gasteiger partial charge in [0.25, 0.3) is 0 Å². The van der Waals surface area contributed by atoms with E-state index in [0.717, 1.165) is 6.67 Å². The zero-order valence-electron chi connectivity index (χ0n) is 6.79. The van der Waals surface area contributed by atoms with Crippen molar-refractivity contribution in [3.63, 3.8) is 0 Å². The van der Waals surface area contributed by atoms with Crippen molar-refractivity contribution in [1.29, 1.82) is 0 Å². The highest BCUT2D eigenvalue weighted by molar-refractivity contribution is 5.80. The third-order valence-corrected chi connectivity index (χ3v) is 1.74. The second kappa shape index (κ2) is 2.58. The fourth-order valence-corrected chi connectivity index (χ4v) is 1.16. The molecule has 3 heteroatoms. The summed E-state index contributed by atoms with van der Waals surface area (Å²) < 4.78 is 0. The van der Waals surface area contributed by atoms with Gasteiger partial charge in [-0.1, -0.05) is 0 Å². The number of likely N-dealkylation sites (N-methyl/N-ethyl adjacent to an activating group) is 1. The van der Waals surface area contributed by atoms with Crippen LogP contribution in [0.15, 0.2) is 0 Å². The maximum atomic E-state index is 11.1. The molecule has 0 unspecified atom stereocenters. The lowest BCUT2D eigenvalue weighted by atomic mass is 10.3. The molecular weight excluding hydrogens is 128 g/mol. The first-order valence-electron chi connectivity index (χ1n) is 3.59. The van der Waals surface area contributed by atoms with E-state index < -0.39 is 0 Å². The van der Waals surface area contributed by atoms with Crippen LogP contribution in [-0.4, -0.2) is 42.0 Å². The molecule has 0 aromatic rings. The maximum Gasteiger partial charge on any atom is 0.238 e. The quantitative estimate of drug-likeness (QED) is 0.519. The number of hydrogen-bond acceptors (Lipinski definition) is 2. The van der Waals surface area contributed by atoms with Gasteiger partial charge in [-0.3, -0.25) is 9.69 Å². The minimum absolute atomic E-state index is 0.248. The predicted molar refractivity (Wildman–Crippen MR) is 39.5 cm³/mol. The zero-order chi connectivity index (χ0) is 7.72. The number of carbonyl (C=O) groups excluding carboxylic acids is 1. The number of carbonyl (C=O) groups is 1. The molecule has 0 aliphatic carbocycles. The van der Waals surface area contributed by atoms with Crippen molar-refractivity contribution in [1.82, 2.24) is 9.80 Å². The third kappa shape index (κ3) is 1.29. The molecular formula is C7H14N2O. The van der Waals surface area contributed by atoms with Crippen molar-refractivity contribution in [2.24, 2.45) is 0 Å². The van der Waals surface area contributed by atoms with Crippen molar-refractivity contribution in [2.75, 3.05) is 20.3 Å². The smallest absolute Gasteiger partial charge is 0.238 e. The molecule has 0 aromatic carbocycles. The van der Waals surface area contributed by atoms with Crippen LogP contribution >= 0.6 is 0 Å². The fraction of sp³-hybridized carbons (Fsp3) is 0.857. The van der Waals surface area contributed by atoms with Gasteiger partial charge in [0.15, 0.2) is 0 Å². The molecule has 1 amide bonds. The SMILES string of the molecule is CC(C)N1CN(C)CC1=O. The molecule has 0 atom stereocenters. The highest BCUT2D eigenvalue weighted by Gasteiger charge is 2.25. The van der Waals surface area contributed by atoms with Gasteiger partial charge < -0.3 is 4.90 Å². The Hall–Kier alpha value is -0.570. The number of nitrogens with zero attached hydrogens (tertiary/aromatic N) is 2. The van der Waals surface area contributed by atoms with Crippen LogP contribution in [0.25, 0.3) is 0 Å². The highest BCUT2D eigenvalue weighted by atomic mass is 16.2. The summed E-state index contributed by atoms with van der Waals surface area (Å²) in [6.45, 7) is 5.45. The first kappa shape index (κ1) is 7.54. The molecule has 1 fully saturated rings. The molecule has 1 heterocycles. The molecule has 10 heavy (non-hydrogen) atoms. The van der Waals surface area contributed by atoms with Gasteiger partial charge in [0.2, 0.25) is 5.91 Å². The van der Waals surface area contributed by atoms with E-state index in [9.17, 15) is 4.79 Å². The summed E-state index contributed by atoms with van der Waals surface area (Å²) >= 11 is 0. The third-order valence-electron chi connectivity index (χ3n) is 1.74. The molecule has 1 saturated heterocycles. The monoisotopic (exact) mass is 142 g/mol. The summed E-state index contributed by atoms with van der Waals surface area (Å²) in [6.07, 6.45) is 0.